The molecule has 2 heterocycles. The SMILES string of the molecule is CCOC(=O)CCCc1nnc(-c2ccc(F)cc2)n1-c1ccnc(Cl)c1. The van der Waals surface area contributed by atoms with E-state index in [9.17, 15) is 9.18 Å². The molecule has 0 aliphatic heterocycles. The van der Waals surface area contributed by atoms with Crippen LogP contribution in [-0.4, -0.2) is 32.3 Å². The summed E-state index contributed by atoms with van der Waals surface area (Å²) in [6.45, 7) is 2.13. The summed E-state index contributed by atoms with van der Waals surface area (Å²) in [5, 5.41) is 8.87. The zero-order valence-corrected chi connectivity index (χ0v) is 15.5. The van der Waals surface area contributed by atoms with Gasteiger partial charge in [0.2, 0.25) is 0 Å². The van der Waals surface area contributed by atoms with Gasteiger partial charge in [-0.1, -0.05) is 11.6 Å². The van der Waals surface area contributed by atoms with E-state index in [0.29, 0.717) is 48.2 Å². The number of rotatable bonds is 7. The van der Waals surface area contributed by atoms with E-state index in [-0.39, 0.29) is 11.8 Å². The standard InChI is InChI=1S/C19H18ClFN4O2/c1-2-27-18(26)5-3-4-17-23-24-19(13-6-8-14(21)9-7-13)25(17)15-10-11-22-16(20)12-15/h6-12H,2-5H2,1H3. The van der Waals surface area contributed by atoms with Gasteiger partial charge in [0.15, 0.2) is 5.82 Å². The number of aromatic nitrogens is 4. The Bertz CT molecular complexity index is 928. The first-order valence-corrected chi connectivity index (χ1v) is 8.94. The Balaban J connectivity index is 1.93. The first-order chi connectivity index (χ1) is 13.1. The van der Waals surface area contributed by atoms with Crippen LogP contribution in [0.2, 0.25) is 5.15 Å². The highest BCUT2D eigenvalue weighted by Crippen LogP contribution is 2.25. The van der Waals surface area contributed by atoms with Crippen molar-refractivity contribution in [3.63, 3.8) is 0 Å². The van der Waals surface area contributed by atoms with E-state index in [0.717, 1.165) is 5.69 Å². The highest BCUT2D eigenvalue weighted by atomic mass is 35.5. The molecule has 2 aromatic heterocycles. The van der Waals surface area contributed by atoms with Crippen LogP contribution in [-0.2, 0) is 16.0 Å². The maximum absolute atomic E-state index is 13.3. The molecule has 3 rings (SSSR count). The van der Waals surface area contributed by atoms with Crippen LogP contribution in [0.5, 0.6) is 0 Å². The molecular weight excluding hydrogens is 371 g/mol. The smallest absolute Gasteiger partial charge is 0.305 e. The summed E-state index contributed by atoms with van der Waals surface area (Å²) < 4.78 is 20.1. The van der Waals surface area contributed by atoms with Crippen molar-refractivity contribution >= 4 is 17.6 Å². The molecule has 0 aliphatic carbocycles. The molecule has 0 aliphatic rings. The molecule has 27 heavy (non-hydrogen) atoms. The van der Waals surface area contributed by atoms with Gasteiger partial charge in [0, 0.05) is 24.6 Å². The van der Waals surface area contributed by atoms with Gasteiger partial charge in [0.1, 0.15) is 16.8 Å². The van der Waals surface area contributed by atoms with Crippen molar-refractivity contribution < 1.29 is 13.9 Å². The van der Waals surface area contributed by atoms with Gasteiger partial charge >= 0.3 is 5.97 Å². The van der Waals surface area contributed by atoms with Crippen LogP contribution in [0.15, 0.2) is 42.6 Å². The van der Waals surface area contributed by atoms with E-state index in [1.807, 2.05) is 4.57 Å². The van der Waals surface area contributed by atoms with Crippen molar-refractivity contribution in [3.8, 4) is 17.1 Å². The van der Waals surface area contributed by atoms with Gasteiger partial charge in [0.25, 0.3) is 0 Å². The van der Waals surface area contributed by atoms with Gasteiger partial charge in [-0.15, -0.1) is 10.2 Å². The fraction of sp³-hybridized carbons (Fsp3) is 0.263. The monoisotopic (exact) mass is 388 g/mol. The van der Waals surface area contributed by atoms with Crippen LogP contribution in [0.4, 0.5) is 4.39 Å². The average molecular weight is 389 g/mol. The molecule has 0 unspecified atom stereocenters. The summed E-state index contributed by atoms with van der Waals surface area (Å²) in [7, 11) is 0. The van der Waals surface area contributed by atoms with E-state index in [1.54, 1.807) is 37.4 Å². The number of benzene rings is 1. The number of carbonyl (C=O) groups excluding carboxylic acids is 1. The normalized spacial score (nSPS) is 10.8. The third-order valence-electron chi connectivity index (χ3n) is 3.89. The lowest BCUT2D eigenvalue weighted by Gasteiger charge is -2.11. The number of aryl methyl sites for hydroxylation is 1. The molecule has 140 valence electrons. The Morgan fingerprint density at radius 2 is 2.00 bits per heavy atom. The number of ether oxygens (including phenoxy) is 1. The Morgan fingerprint density at radius 3 is 2.70 bits per heavy atom. The summed E-state index contributed by atoms with van der Waals surface area (Å²) in [5.41, 5.74) is 1.46. The molecule has 8 heteroatoms. The van der Waals surface area contributed by atoms with Gasteiger partial charge < -0.3 is 4.74 Å². The lowest BCUT2D eigenvalue weighted by Crippen LogP contribution is -2.07. The second-order valence-electron chi connectivity index (χ2n) is 5.78. The van der Waals surface area contributed by atoms with E-state index in [1.165, 1.54) is 12.1 Å². The third kappa shape index (κ3) is 4.68. The van der Waals surface area contributed by atoms with Gasteiger partial charge in [0.05, 0.1) is 12.3 Å². The summed E-state index contributed by atoms with van der Waals surface area (Å²) in [6, 6.07) is 9.51. The molecule has 0 spiro atoms. The van der Waals surface area contributed by atoms with E-state index in [4.69, 9.17) is 16.3 Å². The number of pyridine rings is 1. The van der Waals surface area contributed by atoms with Gasteiger partial charge in [-0.3, -0.25) is 9.36 Å². The molecular formula is C19H18ClFN4O2. The molecule has 0 saturated carbocycles. The van der Waals surface area contributed by atoms with Gasteiger partial charge in [-0.2, -0.15) is 0 Å². The average Bonchev–Trinajstić information content (AvgIpc) is 3.06. The molecule has 3 aromatic rings. The van der Waals surface area contributed by atoms with Crippen molar-refractivity contribution in [1.29, 1.82) is 0 Å². The maximum atomic E-state index is 13.3. The molecule has 0 bridgehead atoms. The van der Waals surface area contributed by atoms with Gasteiger partial charge in [-0.25, -0.2) is 9.37 Å². The van der Waals surface area contributed by atoms with Crippen LogP contribution in [0.1, 0.15) is 25.6 Å². The largest absolute Gasteiger partial charge is 0.466 e. The lowest BCUT2D eigenvalue weighted by atomic mass is 10.2. The third-order valence-corrected chi connectivity index (χ3v) is 4.09. The topological polar surface area (TPSA) is 69.9 Å². The van der Waals surface area contributed by atoms with Crippen LogP contribution in [0.3, 0.4) is 0 Å². The van der Waals surface area contributed by atoms with Crippen molar-refractivity contribution in [2.75, 3.05) is 6.61 Å². The zero-order valence-electron chi connectivity index (χ0n) is 14.7. The molecule has 0 N–H and O–H groups in total. The Hall–Kier alpha value is -2.80. The number of esters is 1. The highest BCUT2D eigenvalue weighted by molar-refractivity contribution is 6.29. The fourth-order valence-corrected chi connectivity index (χ4v) is 2.86. The maximum Gasteiger partial charge on any atom is 0.305 e. The first-order valence-electron chi connectivity index (χ1n) is 8.56. The molecule has 6 nitrogen and oxygen atoms in total. The molecule has 0 fully saturated rings. The minimum atomic E-state index is -0.327. The molecule has 1 aromatic carbocycles. The quantitative estimate of drug-likeness (QED) is 0.452. The molecule has 0 amide bonds. The molecule has 0 saturated heterocycles. The second kappa shape index (κ2) is 8.73. The Kier molecular flexibility index (Phi) is 6.13. The molecule has 0 atom stereocenters. The van der Waals surface area contributed by atoms with Crippen LogP contribution >= 0.6 is 11.6 Å². The van der Waals surface area contributed by atoms with Crippen LogP contribution in [0.25, 0.3) is 17.1 Å². The number of halogens is 2. The van der Waals surface area contributed by atoms with Crippen molar-refractivity contribution in [2.24, 2.45) is 0 Å². The second-order valence-corrected chi connectivity index (χ2v) is 6.16. The first kappa shape index (κ1) is 19.0. The number of hydrogen-bond acceptors (Lipinski definition) is 5. The molecule has 0 radical (unpaired) electrons. The van der Waals surface area contributed by atoms with Gasteiger partial charge in [-0.05, 0) is 49.7 Å². The highest BCUT2D eigenvalue weighted by Gasteiger charge is 2.16. The number of hydrogen-bond donors (Lipinski definition) is 0. The minimum absolute atomic E-state index is 0.241. The van der Waals surface area contributed by atoms with E-state index >= 15 is 0 Å². The van der Waals surface area contributed by atoms with Crippen molar-refractivity contribution in [1.82, 2.24) is 19.7 Å². The van der Waals surface area contributed by atoms with Crippen molar-refractivity contribution in [2.45, 2.75) is 26.2 Å². The summed E-state index contributed by atoms with van der Waals surface area (Å²) in [6.07, 6.45) is 2.98. The summed E-state index contributed by atoms with van der Waals surface area (Å²) in [4.78, 5) is 15.6. The summed E-state index contributed by atoms with van der Waals surface area (Å²) in [5.74, 6) is 0.657. The fourth-order valence-electron chi connectivity index (χ4n) is 2.69. The predicted molar refractivity (Wildman–Crippen MR) is 99.1 cm³/mol. The summed E-state index contributed by atoms with van der Waals surface area (Å²) >= 11 is 6.04. The van der Waals surface area contributed by atoms with Crippen molar-refractivity contribution in [3.05, 3.63) is 59.4 Å². The minimum Gasteiger partial charge on any atom is -0.466 e. The number of carbonyl (C=O) groups is 1. The zero-order chi connectivity index (χ0) is 19.2. The Labute approximate surface area is 161 Å². The lowest BCUT2D eigenvalue weighted by molar-refractivity contribution is -0.143. The van der Waals surface area contributed by atoms with Crippen LogP contribution < -0.4 is 0 Å². The number of nitrogens with zero attached hydrogens (tertiary/aromatic N) is 4. The Morgan fingerprint density at radius 1 is 1.22 bits per heavy atom. The van der Waals surface area contributed by atoms with E-state index in [2.05, 4.69) is 15.2 Å². The predicted octanol–water partition coefficient (Wildman–Crippen LogP) is 4.01. The van der Waals surface area contributed by atoms with E-state index < -0.39 is 0 Å². The van der Waals surface area contributed by atoms with Crippen LogP contribution in [0, 0.1) is 5.82 Å².